The van der Waals surface area contributed by atoms with Gasteiger partial charge in [0.1, 0.15) is 17.3 Å². The summed E-state index contributed by atoms with van der Waals surface area (Å²) < 4.78 is 10.8. The molecule has 0 spiro atoms. The fourth-order valence-electron chi connectivity index (χ4n) is 4.56. The summed E-state index contributed by atoms with van der Waals surface area (Å²) in [6.07, 6.45) is 1.63. The Hall–Kier alpha value is -3.63. The zero-order valence-electron chi connectivity index (χ0n) is 20.0. The number of rotatable bonds is 5. The Morgan fingerprint density at radius 3 is 2.51 bits per heavy atom. The molecule has 2 N–H and O–H groups in total. The van der Waals surface area contributed by atoms with E-state index in [1.165, 1.54) is 13.2 Å². The van der Waals surface area contributed by atoms with Gasteiger partial charge in [-0.2, -0.15) is 0 Å². The van der Waals surface area contributed by atoms with Crippen molar-refractivity contribution in [3.63, 3.8) is 0 Å². The van der Waals surface area contributed by atoms with Gasteiger partial charge in [-0.3, -0.25) is 9.59 Å². The fourth-order valence-corrected chi connectivity index (χ4v) is 4.56. The van der Waals surface area contributed by atoms with Crippen molar-refractivity contribution in [2.45, 2.75) is 0 Å². The van der Waals surface area contributed by atoms with Crippen molar-refractivity contribution < 1.29 is 14.3 Å². The molecule has 0 radical (unpaired) electrons. The van der Waals surface area contributed by atoms with Crippen LogP contribution in [-0.2, 0) is 4.74 Å². The summed E-state index contributed by atoms with van der Waals surface area (Å²) in [5, 5.41) is 3.29. The third-order valence-corrected chi connectivity index (χ3v) is 6.58. The Kier molecular flexibility index (Phi) is 6.56. The predicted molar refractivity (Wildman–Crippen MR) is 136 cm³/mol. The van der Waals surface area contributed by atoms with Crippen LogP contribution in [0.2, 0.25) is 0 Å². The first-order valence-electron chi connectivity index (χ1n) is 11.8. The molecular weight excluding hydrogens is 448 g/mol. The van der Waals surface area contributed by atoms with Crippen LogP contribution in [0.5, 0.6) is 5.75 Å². The molecule has 0 saturated carbocycles. The first-order chi connectivity index (χ1) is 17.0. The molecule has 184 valence electrons. The highest BCUT2D eigenvalue weighted by molar-refractivity contribution is 6.05. The number of nitrogens with one attached hydrogen (secondary N) is 2. The minimum atomic E-state index is -0.405. The van der Waals surface area contributed by atoms with Crippen LogP contribution in [0.25, 0.3) is 10.9 Å². The second-order valence-corrected chi connectivity index (χ2v) is 8.83. The molecule has 3 aromatic rings. The van der Waals surface area contributed by atoms with Crippen molar-refractivity contribution in [3.8, 4) is 5.75 Å². The number of hydrogen-bond donors (Lipinski definition) is 2. The highest BCUT2D eigenvalue weighted by Crippen LogP contribution is 2.31. The highest BCUT2D eigenvalue weighted by Gasteiger charge is 2.21. The number of fused-ring (bicyclic) bond motifs is 1. The van der Waals surface area contributed by atoms with Gasteiger partial charge in [-0.15, -0.1) is 0 Å². The van der Waals surface area contributed by atoms with Crippen LogP contribution in [0.4, 0.5) is 17.2 Å². The normalized spacial score (nSPS) is 17.0. The van der Waals surface area contributed by atoms with Crippen molar-refractivity contribution in [1.29, 1.82) is 0 Å². The predicted octanol–water partition coefficient (Wildman–Crippen LogP) is 1.77. The third-order valence-electron chi connectivity index (χ3n) is 6.58. The Morgan fingerprint density at radius 1 is 1.06 bits per heavy atom. The monoisotopic (exact) mass is 478 g/mol. The van der Waals surface area contributed by atoms with Crippen molar-refractivity contribution in [3.05, 3.63) is 52.4 Å². The lowest BCUT2D eigenvalue weighted by molar-refractivity contribution is 0.102. The Morgan fingerprint density at radius 2 is 1.83 bits per heavy atom. The molecule has 2 aliphatic rings. The number of ether oxygens (including phenoxy) is 2. The Balaban J connectivity index is 1.43. The number of piperazine rings is 1. The molecule has 5 rings (SSSR count). The maximum atomic E-state index is 13.1. The number of carbonyl (C=O) groups is 1. The van der Waals surface area contributed by atoms with Crippen LogP contribution in [0, 0.1) is 0 Å². The summed E-state index contributed by atoms with van der Waals surface area (Å²) in [6, 6.07) is 8.77. The maximum Gasteiger partial charge on any atom is 0.272 e. The number of benzene rings is 1. The summed E-state index contributed by atoms with van der Waals surface area (Å²) in [6.45, 7) is 6.44. The second-order valence-electron chi connectivity index (χ2n) is 8.83. The van der Waals surface area contributed by atoms with Gasteiger partial charge in [0.2, 0.25) is 0 Å². The van der Waals surface area contributed by atoms with E-state index in [0.717, 1.165) is 50.8 Å². The van der Waals surface area contributed by atoms with Crippen LogP contribution in [0.1, 0.15) is 10.5 Å². The average Bonchev–Trinajstić information content (AvgIpc) is 2.89. The van der Waals surface area contributed by atoms with Crippen LogP contribution >= 0.6 is 0 Å². The standard InChI is InChI=1S/C25H30N6O4/c1-29-7-9-30(10-8-29)19-4-5-21(34-2)23-20(32)15-18(28-24(19)23)25(33)27-17-3-6-22(26-16-17)31-11-13-35-14-12-31/h3-6,15-16H,7-14H2,1-2H3,(H,27,33)(H,28,32). The number of amides is 1. The summed E-state index contributed by atoms with van der Waals surface area (Å²) in [7, 11) is 3.63. The molecule has 1 amide bonds. The van der Waals surface area contributed by atoms with Gasteiger partial charge >= 0.3 is 0 Å². The number of likely N-dealkylation sites (N-methyl/N-ethyl adjacent to an activating group) is 1. The van der Waals surface area contributed by atoms with Gasteiger partial charge in [-0.1, -0.05) is 0 Å². The molecule has 35 heavy (non-hydrogen) atoms. The number of hydrogen-bond acceptors (Lipinski definition) is 8. The summed E-state index contributed by atoms with van der Waals surface area (Å²) in [5.74, 6) is 0.917. The van der Waals surface area contributed by atoms with Gasteiger partial charge in [0.25, 0.3) is 5.91 Å². The van der Waals surface area contributed by atoms with E-state index in [0.29, 0.717) is 35.6 Å². The molecule has 0 atom stereocenters. The van der Waals surface area contributed by atoms with E-state index in [2.05, 4.69) is 37.0 Å². The molecule has 2 aromatic heterocycles. The number of nitrogens with zero attached hydrogens (tertiary/aromatic N) is 4. The molecule has 0 bridgehead atoms. The first kappa shape index (κ1) is 23.1. The molecule has 2 fully saturated rings. The zero-order valence-corrected chi connectivity index (χ0v) is 20.0. The van der Waals surface area contributed by atoms with Gasteiger partial charge in [0.15, 0.2) is 5.43 Å². The molecule has 10 nitrogen and oxygen atoms in total. The Bertz CT molecular complexity index is 1260. The smallest absolute Gasteiger partial charge is 0.272 e. The van der Waals surface area contributed by atoms with E-state index in [4.69, 9.17) is 9.47 Å². The van der Waals surface area contributed by atoms with E-state index < -0.39 is 5.91 Å². The average molecular weight is 479 g/mol. The van der Waals surface area contributed by atoms with E-state index in [-0.39, 0.29) is 11.1 Å². The number of aromatic amines is 1. The summed E-state index contributed by atoms with van der Waals surface area (Å²) in [4.78, 5) is 40.5. The fraction of sp³-hybridized carbons (Fsp3) is 0.400. The number of aromatic nitrogens is 2. The quantitative estimate of drug-likeness (QED) is 0.572. The van der Waals surface area contributed by atoms with Crippen molar-refractivity contribution >= 4 is 34.0 Å². The number of H-pyrrole nitrogens is 1. The van der Waals surface area contributed by atoms with Gasteiger partial charge in [-0.05, 0) is 31.3 Å². The third kappa shape index (κ3) is 4.80. The van der Waals surface area contributed by atoms with E-state index in [1.54, 1.807) is 6.20 Å². The summed E-state index contributed by atoms with van der Waals surface area (Å²) in [5.41, 5.74) is 1.96. The Labute approximate surface area is 203 Å². The minimum Gasteiger partial charge on any atom is -0.496 e. The van der Waals surface area contributed by atoms with E-state index in [1.807, 2.05) is 24.3 Å². The maximum absolute atomic E-state index is 13.1. The van der Waals surface area contributed by atoms with E-state index in [9.17, 15) is 9.59 Å². The topological polar surface area (TPSA) is 103 Å². The lowest BCUT2D eigenvalue weighted by atomic mass is 10.1. The lowest BCUT2D eigenvalue weighted by Crippen LogP contribution is -2.44. The van der Waals surface area contributed by atoms with Crippen molar-refractivity contribution in [2.75, 3.05) is 81.8 Å². The number of anilines is 3. The molecular formula is C25H30N6O4. The van der Waals surface area contributed by atoms with E-state index >= 15 is 0 Å². The molecule has 2 saturated heterocycles. The lowest BCUT2D eigenvalue weighted by Gasteiger charge is -2.34. The zero-order chi connectivity index (χ0) is 24.4. The van der Waals surface area contributed by atoms with Gasteiger partial charge < -0.3 is 34.5 Å². The second kappa shape index (κ2) is 9.93. The SMILES string of the molecule is COc1ccc(N2CCN(C)CC2)c2[nH]c(C(=O)Nc3ccc(N4CCOCC4)nc3)cc(=O)c12. The molecule has 1 aromatic carbocycles. The van der Waals surface area contributed by atoms with Crippen LogP contribution in [0.15, 0.2) is 41.3 Å². The molecule has 0 unspecified atom stereocenters. The van der Waals surface area contributed by atoms with Gasteiger partial charge in [-0.25, -0.2) is 4.98 Å². The molecule has 2 aliphatic heterocycles. The van der Waals surface area contributed by atoms with Crippen molar-refractivity contribution in [2.24, 2.45) is 0 Å². The summed E-state index contributed by atoms with van der Waals surface area (Å²) >= 11 is 0. The van der Waals surface area contributed by atoms with Gasteiger partial charge in [0.05, 0.1) is 48.8 Å². The molecule has 4 heterocycles. The minimum absolute atomic E-state index is 0.184. The first-order valence-corrected chi connectivity index (χ1v) is 11.8. The number of pyridine rings is 2. The van der Waals surface area contributed by atoms with Crippen LogP contribution < -0.4 is 25.3 Å². The highest BCUT2D eigenvalue weighted by atomic mass is 16.5. The van der Waals surface area contributed by atoms with Gasteiger partial charge in [0, 0.05) is 45.3 Å². The number of morpholine rings is 1. The number of carbonyl (C=O) groups excluding carboxylic acids is 1. The number of methoxy groups -OCH3 is 1. The van der Waals surface area contributed by atoms with Crippen LogP contribution in [0.3, 0.4) is 0 Å². The molecule has 10 heteroatoms. The van der Waals surface area contributed by atoms with Crippen molar-refractivity contribution in [1.82, 2.24) is 14.9 Å². The molecule has 0 aliphatic carbocycles. The van der Waals surface area contributed by atoms with Crippen LogP contribution in [-0.4, -0.2) is 87.4 Å². The largest absolute Gasteiger partial charge is 0.496 e.